The van der Waals surface area contributed by atoms with Crippen molar-refractivity contribution < 1.29 is 9.90 Å². The Hall–Kier alpha value is -1.51. The van der Waals surface area contributed by atoms with E-state index in [1.165, 1.54) is 5.56 Å². The zero-order valence-corrected chi connectivity index (χ0v) is 12.1. The molecule has 0 bridgehead atoms. The summed E-state index contributed by atoms with van der Waals surface area (Å²) in [5, 5.41) is 12.3. The predicted octanol–water partition coefficient (Wildman–Crippen LogP) is 3.57. The lowest BCUT2D eigenvalue weighted by Gasteiger charge is -2.26. The lowest BCUT2D eigenvalue weighted by molar-refractivity contribution is -0.141. The van der Waals surface area contributed by atoms with Crippen LogP contribution in [-0.2, 0) is 10.2 Å². The van der Waals surface area contributed by atoms with E-state index in [0.717, 1.165) is 11.3 Å². The number of benzene rings is 1. The Labute approximate surface area is 109 Å². The van der Waals surface area contributed by atoms with E-state index in [-0.39, 0.29) is 5.41 Å². The van der Waals surface area contributed by atoms with Crippen LogP contribution < -0.4 is 5.32 Å². The van der Waals surface area contributed by atoms with Crippen LogP contribution in [0.1, 0.15) is 45.7 Å². The van der Waals surface area contributed by atoms with E-state index in [1.807, 2.05) is 19.1 Å². The van der Waals surface area contributed by atoms with Crippen LogP contribution in [0.5, 0.6) is 0 Å². The van der Waals surface area contributed by atoms with Crippen molar-refractivity contribution in [1.82, 2.24) is 0 Å². The first-order chi connectivity index (χ1) is 8.04. The molecule has 0 atom stereocenters. The van der Waals surface area contributed by atoms with Gasteiger partial charge in [-0.15, -0.1) is 0 Å². The third-order valence-electron chi connectivity index (χ3n) is 3.09. The van der Waals surface area contributed by atoms with Gasteiger partial charge in [-0.1, -0.05) is 32.9 Å². The second-order valence-corrected chi connectivity index (χ2v) is 6.33. The minimum Gasteiger partial charge on any atom is -0.480 e. The van der Waals surface area contributed by atoms with Gasteiger partial charge in [-0.05, 0) is 43.4 Å². The Balaban J connectivity index is 3.14. The molecule has 0 aliphatic heterocycles. The molecule has 1 rings (SSSR count). The summed E-state index contributed by atoms with van der Waals surface area (Å²) in [5.74, 6) is -0.858. The average molecular weight is 249 g/mol. The van der Waals surface area contributed by atoms with Gasteiger partial charge in [-0.25, -0.2) is 4.79 Å². The summed E-state index contributed by atoms with van der Waals surface area (Å²) in [4.78, 5) is 11.2. The molecule has 0 amide bonds. The Morgan fingerprint density at radius 2 is 1.72 bits per heavy atom. The zero-order chi connectivity index (χ0) is 14.1. The van der Waals surface area contributed by atoms with Crippen LogP contribution in [0.2, 0.25) is 0 Å². The van der Waals surface area contributed by atoms with E-state index in [2.05, 4.69) is 32.2 Å². The first-order valence-electron chi connectivity index (χ1n) is 6.17. The molecule has 0 aliphatic carbocycles. The Bertz CT molecular complexity index is 456. The Kier molecular flexibility index (Phi) is 3.75. The second kappa shape index (κ2) is 4.63. The highest BCUT2D eigenvalue weighted by molar-refractivity contribution is 5.82. The van der Waals surface area contributed by atoms with Crippen molar-refractivity contribution in [2.45, 2.75) is 52.5 Å². The highest BCUT2D eigenvalue weighted by atomic mass is 16.4. The van der Waals surface area contributed by atoms with E-state index < -0.39 is 11.5 Å². The molecule has 0 saturated heterocycles. The Morgan fingerprint density at radius 1 is 1.17 bits per heavy atom. The van der Waals surface area contributed by atoms with Crippen molar-refractivity contribution in [3.8, 4) is 0 Å². The quantitative estimate of drug-likeness (QED) is 0.861. The van der Waals surface area contributed by atoms with Gasteiger partial charge in [0.1, 0.15) is 5.54 Å². The van der Waals surface area contributed by atoms with Gasteiger partial charge in [-0.2, -0.15) is 0 Å². The van der Waals surface area contributed by atoms with Crippen molar-refractivity contribution in [2.24, 2.45) is 0 Å². The van der Waals surface area contributed by atoms with Crippen LogP contribution >= 0.6 is 0 Å². The fourth-order valence-corrected chi connectivity index (χ4v) is 1.61. The van der Waals surface area contributed by atoms with Gasteiger partial charge < -0.3 is 10.4 Å². The molecule has 0 radical (unpaired) electrons. The average Bonchev–Trinajstić information content (AvgIpc) is 2.19. The van der Waals surface area contributed by atoms with Crippen LogP contribution in [0.3, 0.4) is 0 Å². The molecule has 0 aromatic heterocycles. The summed E-state index contributed by atoms with van der Waals surface area (Å²) < 4.78 is 0. The van der Waals surface area contributed by atoms with E-state index >= 15 is 0 Å². The number of carboxylic acids is 1. The van der Waals surface area contributed by atoms with Crippen LogP contribution in [-0.4, -0.2) is 16.6 Å². The standard InChI is InChI=1S/C15H23NO2/c1-10-7-8-11(14(2,3)4)9-12(10)16-15(5,6)13(17)18/h7-9,16H,1-6H3,(H,17,18). The smallest absolute Gasteiger partial charge is 0.328 e. The number of carbonyl (C=O) groups is 1. The van der Waals surface area contributed by atoms with Crippen molar-refractivity contribution >= 4 is 11.7 Å². The number of aliphatic carboxylic acids is 1. The summed E-state index contributed by atoms with van der Waals surface area (Å²) in [6.07, 6.45) is 0. The second-order valence-electron chi connectivity index (χ2n) is 6.33. The maximum Gasteiger partial charge on any atom is 0.328 e. The molecule has 18 heavy (non-hydrogen) atoms. The lowest BCUT2D eigenvalue weighted by atomic mass is 9.86. The minimum atomic E-state index is -0.971. The maximum absolute atomic E-state index is 11.2. The highest BCUT2D eigenvalue weighted by Crippen LogP contribution is 2.28. The molecular formula is C15H23NO2. The molecule has 3 nitrogen and oxygen atoms in total. The monoisotopic (exact) mass is 249 g/mol. The summed E-state index contributed by atoms with van der Waals surface area (Å²) in [6.45, 7) is 11.7. The maximum atomic E-state index is 11.2. The number of anilines is 1. The molecule has 1 aromatic rings. The topological polar surface area (TPSA) is 49.3 Å². The van der Waals surface area contributed by atoms with Gasteiger partial charge in [0.05, 0.1) is 0 Å². The van der Waals surface area contributed by atoms with E-state index in [9.17, 15) is 4.79 Å². The van der Waals surface area contributed by atoms with E-state index in [1.54, 1.807) is 13.8 Å². The summed E-state index contributed by atoms with van der Waals surface area (Å²) in [6, 6.07) is 6.16. The molecule has 0 heterocycles. The summed E-state index contributed by atoms with van der Waals surface area (Å²) in [7, 11) is 0. The number of hydrogen-bond acceptors (Lipinski definition) is 2. The van der Waals surface area contributed by atoms with Gasteiger partial charge in [0, 0.05) is 5.69 Å². The largest absolute Gasteiger partial charge is 0.480 e. The normalized spacial score (nSPS) is 12.3. The number of nitrogens with one attached hydrogen (secondary N) is 1. The third kappa shape index (κ3) is 3.25. The lowest BCUT2D eigenvalue weighted by Crippen LogP contribution is -2.40. The van der Waals surface area contributed by atoms with Gasteiger partial charge in [-0.3, -0.25) is 0 Å². The van der Waals surface area contributed by atoms with Crippen molar-refractivity contribution in [3.63, 3.8) is 0 Å². The zero-order valence-electron chi connectivity index (χ0n) is 12.1. The van der Waals surface area contributed by atoms with Crippen molar-refractivity contribution in [1.29, 1.82) is 0 Å². The highest BCUT2D eigenvalue weighted by Gasteiger charge is 2.27. The fraction of sp³-hybridized carbons (Fsp3) is 0.533. The first kappa shape index (κ1) is 14.6. The molecule has 0 aliphatic rings. The van der Waals surface area contributed by atoms with Crippen LogP contribution in [0.25, 0.3) is 0 Å². The first-order valence-corrected chi connectivity index (χ1v) is 6.17. The van der Waals surface area contributed by atoms with Crippen LogP contribution in [0.15, 0.2) is 18.2 Å². The predicted molar refractivity (Wildman–Crippen MR) is 75.2 cm³/mol. The van der Waals surface area contributed by atoms with E-state index in [4.69, 9.17) is 5.11 Å². The summed E-state index contributed by atoms with van der Waals surface area (Å²) in [5.41, 5.74) is 2.21. The molecule has 0 saturated carbocycles. The van der Waals surface area contributed by atoms with Gasteiger partial charge in [0.15, 0.2) is 0 Å². The third-order valence-corrected chi connectivity index (χ3v) is 3.09. The van der Waals surface area contributed by atoms with Crippen LogP contribution in [0.4, 0.5) is 5.69 Å². The molecular weight excluding hydrogens is 226 g/mol. The molecule has 0 unspecified atom stereocenters. The van der Waals surface area contributed by atoms with Gasteiger partial charge in [0.25, 0.3) is 0 Å². The molecule has 1 aromatic carbocycles. The molecule has 2 N–H and O–H groups in total. The van der Waals surface area contributed by atoms with Crippen molar-refractivity contribution in [3.05, 3.63) is 29.3 Å². The van der Waals surface area contributed by atoms with Crippen LogP contribution in [0, 0.1) is 6.92 Å². The summed E-state index contributed by atoms with van der Waals surface area (Å²) >= 11 is 0. The number of rotatable bonds is 3. The molecule has 3 heteroatoms. The van der Waals surface area contributed by atoms with Crippen molar-refractivity contribution in [2.75, 3.05) is 5.32 Å². The molecule has 0 spiro atoms. The number of hydrogen-bond donors (Lipinski definition) is 2. The molecule has 0 fully saturated rings. The Morgan fingerprint density at radius 3 is 2.17 bits per heavy atom. The molecule has 100 valence electrons. The SMILES string of the molecule is Cc1ccc(C(C)(C)C)cc1NC(C)(C)C(=O)O. The number of aryl methyl sites for hydroxylation is 1. The van der Waals surface area contributed by atoms with Gasteiger partial charge >= 0.3 is 5.97 Å². The fourth-order valence-electron chi connectivity index (χ4n) is 1.61. The van der Waals surface area contributed by atoms with E-state index in [0.29, 0.717) is 0 Å². The minimum absolute atomic E-state index is 0.0531. The number of carboxylic acid groups (broad SMARTS) is 1. The van der Waals surface area contributed by atoms with Gasteiger partial charge in [0.2, 0.25) is 0 Å².